The van der Waals surface area contributed by atoms with Crippen molar-refractivity contribution in [1.29, 1.82) is 0 Å². The van der Waals surface area contributed by atoms with Crippen molar-refractivity contribution in [3.8, 4) is 0 Å². The van der Waals surface area contributed by atoms with Gasteiger partial charge in [0.1, 0.15) is 5.78 Å². The second kappa shape index (κ2) is 13.8. The molecular weight excluding hydrogens is 551 g/mol. The Morgan fingerprint density at radius 2 is 1.41 bits per heavy atom. The third kappa shape index (κ3) is 7.12. The van der Waals surface area contributed by atoms with Crippen LogP contribution in [0.3, 0.4) is 0 Å². The number of likely N-dealkylation sites (tertiary alicyclic amines) is 2. The first-order valence-electron chi connectivity index (χ1n) is 14.4. The van der Waals surface area contributed by atoms with Crippen molar-refractivity contribution in [3.05, 3.63) is 119 Å². The van der Waals surface area contributed by atoms with Crippen LogP contribution in [0.15, 0.2) is 92.0 Å². The normalized spacial score (nSPS) is 20.5. The van der Waals surface area contributed by atoms with Gasteiger partial charge in [0.15, 0.2) is 0 Å². The monoisotopic (exact) mass is 590 g/mol. The van der Waals surface area contributed by atoms with E-state index in [2.05, 4.69) is 48.4 Å². The first kappa shape index (κ1) is 31.0. The highest BCUT2D eigenvalue weighted by Gasteiger charge is 2.43. The van der Waals surface area contributed by atoms with Crippen molar-refractivity contribution in [2.75, 3.05) is 32.7 Å². The molecule has 6 heteroatoms. The molecule has 2 aliphatic rings. The van der Waals surface area contributed by atoms with E-state index in [4.69, 9.17) is 23.2 Å². The summed E-state index contributed by atoms with van der Waals surface area (Å²) in [4.78, 5) is 30.4. The highest BCUT2D eigenvalue weighted by molar-refractivity contribution is 6.42. The van der Waals surface area contributed by atoms with E-state index in [-0.39, 0.29) is 22.5 Å². The van der Waals surface area contributed by atoms with E-state index in [0.717, 1.165) is 63.0 Å². The predicted molar refractivity (Wildman–Crippen MR) is 170 cm³/mol. The largest absolute Gasteiger partial charge is 0.338 e. The summed E-state index contributed by atoms with van der Waals surface area (Å²) >= 11 is 12.8. The number of Topliss-reactive ketones (excluding diaryl/α,β-unsaturated/α-hetero) is 1. The van der Waals surface area contributed by atoms with Crippen molar-refractivity contribution in [2.45, 2.75) is 49.9 Å². The van der Waals surface area contributed by atoms with Crippen LogP contribution in [0.25, 0.3) is 0 Å². The molecule has 0 spiro atoms. The van der Waals surface area contributed by atoms with Crippen LogP contribution in [0.4, 0.5) is 0 Å². The molecule has 3 aromatic rings. The molecule has 3 aromatic carbocycles. The lowest BCUT2D eigenvalue weighted by molar-refractivity contribution is -0.118. The molecule has 4 nitrogen and oxygen atoms in total. The van der Waals surface area contributed by atoms with Gasteiger partial charge in [0.25, 0.3) is 5.91 Å². The smallest absolute Gasteiger partial charge is 0.253 e. The Balaban J connectivity index is 0.00000189. The molecule has 2 heterocycles. The van der Waals surface area contributed by atoms with Gasteiger partial charge < -0.3 is 9.80 Å². The third-order valence-corrected chi connectivity index (χ3v) is 9.47. The highest BCUT2D eigenvalue weighted by atomic mass is 35.5. The van der Waals surface area contributed by atoms with E-state index in [0.29, 0.717) is 23.0 Å². The second-order valence-corrected chi connectivity index (χ2v) is 12.2. The van der Waals surface area contributed by atoms with Gasteiger partial charge in [0, 0.05) is 42.4 Å². The molecule has 5 rings (SSSR count). The van der Waals surface area contributed by atoms with Crippen LogP contribution in [-0.2, 0) is 15.6 Å². The molecule has 0 saturated carbocycles. The van der Waals surface area contributed by atoms with Crippen molar-refractivity contribution < 1.29 is 9.59 Å². The van der Waals surface area contributed by atoms with Gasteiger partial charge in [0.2, 0.25) is 0 Å². The Hall–Kier alpha value is -2.92. The van der Waals surface area contributed by atoms with E-state index in [1.54, 1.807) is 6.92 Å². The molecule has 0 bridgehead atoms. The van der Waals surface area contributed by atoms with E-state index in [1.165, 1.54) is 5.56 Å². The molecule has 0 aromatic heterocycles. The third-order valence-electron chi connectivity index (χ3n) is 8.73. The van der Waals surface area contributed by atoms with Gasteiger partial charge in [-0.3, -0.25) is 9.59 Å². The van der Waals surface area contributed by atoms with Gasteiger partial charge >= 0.3 is 0 Å². The summed E-state index contributed by atoms with van der Waals surface area (Å²) in [5.74, 6) is 0.310. The molecule has 2 saturated heterocycles. The maximum absolute atomic E-state index is 13.5. The number of halogens is 2. The Kier molecular flexibility index (Phi) is 10.5. The summed E-state index contributed by atoms with van der Waals surface area (Å²) in [5, 5.41) is 1.08. The second-order valence-electron chi connectivity index (χ2n) is 11.4. The number of amides is 1. The molecule has 0 N–H and O–H groups in total. The molecule has 0 aliphatic carbocycles. The Morgan fingerprint density at radius 3 is 2.02 bits per heavy atom. The summed E-state index contributed by atoms with van der Waals surface area (Å²) < 4.78 is 0. The Morgan fingerprint density at radius 1 is 0.780 bits per heavy atom. The van der Waals surface area contributed by atoms with Crippen molar-refractivity contribution in [3.63, 3.8) is 0 Å². The lowest BCUT2D eigenvalue weighted by atomic mass is 9.68. The maximum atomic E-state index is 13.5. The Bertz CT molecular complexity index is 1320. The summed E-state index contributed by atoms with van der Waals surface area (Å²) in [6, 6.07) is 26.0. The van der Waals surface area contributed by atoms with Gasteiger partial charge in [-0.25, -0.2) is 0 Å². The fourth-order valence-corrected chi connectivity index (χ4v) is 7.05. The number of nitrogens with zero attached hydrogens (tertiary/aromatic N) is 2. The van der Waals surface area contributed by atoms with Gasteiger partial charge in [-0.1, -0.05) is 77.8 Å². The number of hydrogen-bond donors (Lipinski definition) is 0. The fourth-order valence-electron chi connectivity index (χ4n) is 6.75. The van der Waals surface area contributed by atoms with Crippen LogP contribution < -0.4 is 0 Å². The molecule has 1 amide bonds. The zero-order chi connectivity index (χ0) is 29.5. The first-order valence-corrected chi connectivity index (χ1v) is 15.1. The van der Waals surface area contributed by atoms with Gasteiger partial charge in [-0.15, -0.1) is 13.2 Å². The molecule has 216 valence electrons. The zero-order valence-electron chi connectivity index (χ0n) is 24.0. The van der Waals surface area contributed by atoms with E-state index in [1.807, 2.05) is 53.4 Å². The minimum absolute atomic E-state index is 0.0722. The number of carbonyl (C=O) groups excluding carboxylic acids is 2. The standard InChI is InChI=1S/C33H36Cl2N2O2.C2H4/c1-25(38)22-32(27-11-6-3-7-12-27)16-19-36(20-17-32)23-33(28-13-14-29(34)30(35)21-28)15-8-18-37(24-33)31(39)26-9-4-2-5-10-26;1-2/h2-7,9-14,21H,8,15-20,22-24H2,1H3;1-2H2. The summed E-state index contributed by atoms with van der Waals surface area (Å²) in [5.41, 5.74) is 2.73. The summed E-state index contributed by atoms with van der Waals surface area (Å²) in [6.07, 6.45) is 4.33. The quantitative estimate of drug-likeness (QED) is 0.262. The number of carbonyl (C=O) groups is 2. The van der Waals surface area contributed by atoms with E-state index < -0.39 is 0 Å². The molecule has 2 fully saturated rings. The number of benzene rings is 3. The zero-order valence-corrected chi connectivity index (χ0v) is 25.5. The predicted octanol–water partition coefficient (Wildman–Crippen LogP) is 7.98. The SMILES string of the molecule is C=C.CC(=O)CC1(c2ccccc2)CCN(CC2(c3ccc(Cl)c(Cl)c3)CCCN(C(=O)c3ccccc3)C2)CC1. The summed E-state index contributed by atoms with van der Waals surface area (Å²) in [6.45, 7) is 11.7. The fraction of sp³-hybridized carbons (Fsp3) is 0.371. The van der Waals surface area contributed by atoms with Gasteiger partial charge in [-0.2, -0.15) is 0 Å². The molecule has 2 aliphatic heterocycles. The average Bonchev–Trinajstić information content (AvgIpc) is 3.01. The van der Waals surface area contributed by atoms with Gasteiger partial charge in [0.05, 0.1) is 10.0 Å². The van der Waals surface area contributed by atoms with Crippen molar-refractivity contribution in [1.82, 2.24) is 9.80 Å². The van der Waals surface area contributed by atoms with Crippen LogP contribution >= 0.6 is 23.2 Å². The maximum Gasteiger partial charge on any atom is 0.253 e. The average molecular weight is 592 g/mol. The minimum Gasteiger partial charge on any atom is -0.338 e. The first-order chi connectivity index (χ1) is 19.8. The molecule has 1 atom stereocenters. The minimum atomic E-state index is -0.260. The number of hydrogen-bond acceptors (Lipinski definition) is 3. The summed E-state index contributed by atoms with van der Waals surface area (Å²) in [7, 11) is 0. The van der Waals surface area contributed by atoms with Crippen molar-refractivity contribution >= 4 is 34.9 Å². The molecule has 1 unspecified atom stereocenters. The lowest BCUT2D eigenvalue weighted by Gasteiger charge is -2.49. The number of piperidine rings is 2. The van der Waals surface area contributed by atoms with Gasteiger partial charge in [-0.05, 0) is 81.1 Å². The molecule has 41 heavy (non-hydrogen) atoms. The molecule has 0 radical (unpaired) electrons. The highest BCUT2D eigenvalue weighted by Crippen LogP contribution is 2.42. The number of rotatable bonds is 7. The van der Waals surface area contributed by atoms with Crippen LogP contribution in [0.5, 0.6) is 0 Å². The van der Waals surface area contributed by atoms with Crippen molar-refractivity contribution in [2.24, 2.45) is 0 Å². The Labute approximate surface area is 255 Å². The van der Waals surface area contributed by atoms with Crippen LogP contribution in [0, 0.1) is 0 Å². The van der Waals surface area contributed by atoms with E-state index >= 15 is 0 Å². The van der Waals surface area contributed by atoms with E-state index in [9.17, 15) is 9.59 Å². The van der Waals surface area contributed by atoms with Crippen LogP contribution in [-0.4, -0.2) is 54.2 Å². The van der Waals surface area contributed by atoms with Crippen LogP contribution in [0.1, 0.15) is 60.5 Å². The molecular formula is C35H40Cl2N2O2. The lowest BCUT2D eigenvalue weighted by Crippen LogP contribution is -2.55. The van der Waals surface area contributed by atoms with Crippen LogP contribution in [0.2, 0.25) is 10.0 Å². The number of ketones is 1. The topological polar surface area (TPSA) is 40.6 Å².